The quantitative estimate of drug-likeness (QED) is 0.873. The van der Waals surface area contributed by atoms with Crippen LogP contribution in [-0.4, -0.2) is 16.7 Å². The van der Waals surface area contributed by atoms with Gasteiger partial charge in [0.1, 0.15) is 6.10 Å². The van der Waals surface area contributed by atoms with Crippen molar-refractivity contribution in [3.8, 4) is 0 Å². The molecule has 0 amide bonds. The van der Waals surface area contributed by atoms with Gasteiger partial charge < -0.3 is 15.0 Å². The molecule has 0 radical (unpaired) electrons. The third-order valence-corrected chi connectivity index (χ3v) is 3.68. The van der Waals surface area contributed by atoms with Gasteiger partial charge in [-0.05, 0) is 32.6 Å². The van der Waals surface area contributed by atoms with Crippen molar-refractivity contribution in [3.05, 3.63) is 11.7 Å². The van der Waals surface area contributed by atoms with E-state index in [1.807, 2.05) is 13.8 Å². The predicted octanol–water partition coefficient (Wildman–Crippen LogP) is 2.75. The Morgan fingerprint density at radius 3 is 2.78 bits per heavy atom. The van der Waals surface area contributed by atoms with E-state index in [0.29, 0.717) is 24.2 Å². The van der Waals surface area contributed by atoms with Gasteiger partial charge in [0.15, 0.2) is 5.82 Å². The van der Waals surface area contributed by atoms with Crippen LogP contribution in [0.5, 0.6) is 0 Å². The summed E-state index contributed by atoms with van der Waals surface area (Å²) in [6.45, 7) is 4.51. The minimum atomic E-state index is -0.133. The van der Waals surface area contributed by atoms with Gasteiger partial charge in [0.05, 0.1) is 6.04 Å². The van der Waals surface area contributed by atoms with Gasteiger partial charge in [0.25, 0.3) is 0 Å². The van der Waals surface area contributed by atoms with Gasteiger partial charge in [-0.2, -0.15) is 4.98 Å². The van der Waals surface area contributed by atoms with Gasteiger partial charge in [-0.25, -0.2) is 0 Å². The fraction of sp³-hybridized carbons (Fsp3) is 0.846. The molecule has 1 aliphatic rings. The van der Waals surface area contributed by atoms with E-state index in [4.69, 9.17) is 15.0 Å². The Bertz CT molecular complexity index is 361. The van der Waals surface area contributed by atoms with Crippen molar-refractivity contribution < 1.29 is 9.26 Å². The lowest BCUT2D eigenvalue weighted by molar-refractivity contribution is 0.0683. The van der Waals surface area contributed by atoms with Gasteiger partial charge >= 0.3 is 0 Å². The van der Waals surface area contributed by atoms with Crippen LogP contribution >= 0.6 is 0 Å². The van der Waals surface area contributed by atoms with Gasteiger partial charge in [-0.3, -0.25) is 0 Å². The predicted molar refractivity (Wildman–Crippen MR) is 67.8 cm³/mol. The highest BCUT2D eigenvalue weighted by Crippen LogP contribution is 2.32. The number of ether oxygens (including phenoxy) is 1. The monoisotopic (exact) mass is 253 g/mol. The summed E-state index contributed by atoms with van der Waals surface area (Å²) in [5.74, 6) is 1.64. The molecule has 102 valence electrons. The van der Waals surface area contributed by atoms with Crippen LogP contribution in [0.3, 0.4) is 0 Å². The number of aromatic nitrogens is 2. The standard InChI is InChI=1S/C13H23N3O2/c1-3-17-9(2)12-15-13(18-16-12)11(14)10-7-5-4-6-8-10/h9-11H,3-8,14H2,1-2H3. The first-order chi connectivity index (χ1) is 8.72. The average molecular weight is 253 g/mol. The maximum Gasteiger partial charge on any atom is 0.243 e. The lowest BCUT2D eigenvalue weighted by Crippen LogP contribution is -2.23. The van der Waals surface area contributed by atoms with Crippen molar-refractivity contribution in [2.45, 2.75) is 58.1 Å². The second-order valence-corrected chi connectivity index (χ2v) is 5.01. The second-order valence-electron chi connectivity index (χ2n) is 5.01. The Kier molecular flexibility index (Phi) is 4.72. The second kappa shape index (κ2) is 6.29. The molecule has 1 saturated carbocycles. The molecule has 0 saturated heterocycles. The largest absolute Gasteiger partial charge is 0.371 e. The summed E-state index contributed by atoms with van der Waals surface area (Å²) in [6.07, 6.45) is 6.04. The molecule has 5 heteroatoms. The summed E-state index contributed by atoms with van der Waals surface area (Å²) in [5.41, 5.74) is 6.22. The molecular formula is C13H23N3O2. The first-order valence-electron chi connectivity index (χ1n) is 6.93. The van der Waals surface area contributed by atoms with Crippen molar-refractivity contribution in [2.24, 2.45) is 11.7 Å². The van der Waals surface area contributed by atoms with Crippen LogP contribution in [0.25, 0.3) is 0 Å². The van der Waals surface area contributed by atoms with Gasteiger partial charge in [-0.1, -0.05) is 24.4 Å². The van der Waals surface area contributed by atoms with E-state index in [9.17, 15) is 0 Å². The number of rotatable bonds is 5. The van der Waals surface area contributed by atoms with Gasteiger partial charge in [0.2, 0.25) is 5.89 Å². The van der Waals surface area contributed by atoms with Crippen LogP contribution in [0.15, 0.2) is 4.52 Å². The SMILES string of the molecule is CCOC(C)c1noc(C(N)C2CCCCC2)n1. The summed E-state index contributed by atoms with van der Waals surface area (Å²) in [4.78, 5) is 4.38. The minimum Gasteiger partial charge on any atom is -0.371 e. The Balaban J connectivity index is 1.99. The Labute approximate surface area is 108 Å². The highest BCUT2D eigenvalue weighted by Gasteiger charge is 2.27. The molecule has 0 aromatic carbocycles. The molecule has 18 heavy (non-hydrogen) atoms. The Morgan fingerprint density at radius 1 is 1.39 bits per heavy atom. The Morgan fingerprint density at radius 2 is 2.11 bits per heavy atom. The fourth-order valence-corrected chi connectivity index (χ4v) is 2.57. The van der Waals surface area contributed by atoms with E-state index in [1.54, 1.807) is 0 Å². The average Bonchev–Trinajstić information content (AvgIpc) is 2.89. The zero-order chi connectivity index (χ0) is 13.0. The molecule has 0 bridgehead atoms. The fourth-order valence-electron chi connectivity index (χ4n) is 2.57. The molecule has 2 unspecified atom stereocenters. The summed E-state index contributed by atoms with van der Waals surface area (Å²) in [7, 11) is 0. The first kappa shape index (κ1) is 13.5. The van der Waals surface area contributed by atoms with E-state index in [1.165, 1.54) is 32.1 Å². The lowest BCUT2D eigenvalue weighted by atomic mass is 9.84. The molecule has 2 atom stereocenters. The molecule has 1 heterocycles. The summed E-state index contributed by atoms with van der Waals surface area (Å²) in [5, 5.41) is 3.96. The third kappa shape index (κ3) is 3.09. The van der Waals surface area contributed by atoms with Crippen molar-refractivity contribution in [3.63, 3.8) is 0 Å². The maximum atomic E-state index is 6.22. The van der Waals surface area contributed by atoms with E-state index in [0.717, 1.165) is 0 Å². The zero-order valence-electron chi connectivity index (χ0n) is 11.3. The maximum absolute atomic E-state index is 6.22. The molecule has 1 aromatic rings. The lowest BCUT2D eigenvalue weighted by Gasteiger charge is -2.24. The summed E-state index contributed by atoms with van der Waals surface area (Å²) in [6, 6.07) is -0.125. The topological polar surface area (TPSA) is 74.2 Å². The summed E-state index contributed by atoms with van der Waals surface area (Å²) >= 11 is 0. The number of nitrogens with two attached hydrogens (primary N) is 1. The highest BCUT2D eigenvalue weighted by molar-refractivity contribution is 4.96. The van der Waals surface area contributed by atoms with E-state index in [2.05, 4.69) is 10.1 Å². The molecule has 2 rings (SSSR count). The molecule has 5 nitrogen and oxygen atoms in total. The number of hydrogen-bond acceptors (Lipinski definition) is 5. The minimum absolute atomic E-state index is 0.125. The van der Waals surface area contributed by atoms with Crippen molar-refractivity contribution >= 4 is 0 Å². The molecule has 1 aliphatic carbocycles. The molecule has 2 N–H and O–H groups in total. The van der Waals surface area contributed by atoms with Crippen LogP contribution < -0.4 is 5.73 Å². The van der Waals surface area contributed by atoms with Crippen molar-refractivity contribution in [1.29, 1.82) is 0 Å². The van der Waals surface area contributed by atoms with Crippen LogP contribution in [0.1, 0.15) is 69.8 Å². The smallest absolute Gasteiger partial charge is 0.243 e. The molecule has 0 aliphatic heterocycles. The highest BCUT2D eigenvalue weighted by atomic mass is 16.5. The van der Waals surface area contributed by atoms with Gasteiger partial charge in [-0.15, -0.1) is 0 Å². The third-order valence-electron chi connectivity index (χ3n) is 3.68. The molecule has 1 fully saturated rings. The molecule has 1 aromatic heterocycles. The number of hydrogen-bond donors (Lipinski definition) is 1. The van der Waals surface area contributed by atoms with Crippen molar-refractivity contribution in [1.82, 2.24) is 10.1 Å². The number of nitrogens with zero attached hydrogens (tertiary/aromatic N) is 2. The molecular weight excluding hydrogens is 230 g/mol. The van der Waals surface area contributed by atoms with E-state index >= 15 is 0 Å². The van der Waals surface area contributed by atoms with E-state index < -0.39 is 0 Å². The van der Waals surface area contributed by atoms with Crippen LogP contribution in [0.4, 0.5) is 0 Å². The first-order valence-corrected chi connectivity index (χ1v) is 6.93. The van der Waals surface area contributed by atoms with Gasteiger partial charge in [0, 0.05) is 6.61 Å². The molecule has 0 spiro atoms. The van der Waals surface area contributed by atoms with Crippen LogP contribution in [-0.2, 0) is 4.74 Å². The van der Waals surface area contributed by atoms with Crippen LogP contribution in [0.2, 0.25) is 0 Å². The normalized spacial score (nSPS) is 20.8. The van der Waals surface area contributed by atoms with E-state index in [-0.39, 0.29) is 12.1 Å². The summed E-state index contributed by atoms with van der Waals surface area (Å²) < 4.78 is 10.7. The Hall–Kier alpha value is -0.940. The van der Waals surface area contributed by atoms with Crippen LogP contribution in [0, 0.1) is 5.92 Å². The van der Waals surface area contributed by atoms with Crippen molar-refractivity contribution in [2.75, 3.05) is 6.61 Å². The zero-order valence-corrected chi connectivity index (χ0v) is 11.3.